The van der Waals surface area contributed by atoms with Crippen molar-refractivity contribution >= 4 is 38.3 Å². The third-order valence-electron chi connectivity index (χ3n) is 4.68. The highest BCUT2D eigenvalue weighted by Crippen LogP contribution is 2.45. The van der Waals surface area contributed by atoms with Gasteiger partial charge in [0.2, 0.25) is 0 Å². The van der Waals surface area contributed by atoms with Crippen LogP contribution in [0.1, 0.15) is 15.9 Å². The molecular weight excluding hydrogens is 372 g/mol. The zero-order valence-corrected chi connectivity index (χ0v) is 14.3. The lowest BCUT2D eigenvalue weighted by Crippen LogP contribution is -2.37. The quantitative estimate of drug-likeness (QED) is 0.501. The van der Waals surface area contributed by atoms with E-state index in [1.807, 2.05) is 30.3 Å². The normalized spacial score (nSPS) is 16.5. The third kappa shape index (κ3) is 1.84. The van der Waals surface area contributed by atoms with E-state index in [4.69, 9.17) is 9.26 Å². The zero-order valence-electron chi connectivity index (χ0n) is 12.7. The van der Waals surface area contributed by atoms with Crippen LogP contribution in [-0.2, 0) is 4.74 Å². The Morgan fingerprint density at radius 1 is 1.12 bits per heavy atom. The number of ether oxygens (including phenoxy) is 1. The molecule has 24 heavy (non-hydrogen) atoms. The first-order chi connectivity index (χ1) is 11.8. The Hall–Kier alpha value is -2.18. The van der Waals surface area contributed by atoms with Crippen molar-refractivity contribution < 1.29 is 14.1 Å². The molecule has 0 bridgehead atoms. The highest BCUT2D eigenvalue weighted by Gasteiger charge is 2.33. The van der Waals surface area contributed by atoms with Crippen LogP contribution >= 0.6 is 15.9 Å². The van der Waals surface area contributed by atoms with Crippen LogP contribution in [0.25, 0.3) is 22.2 Å². The maximum atomic E-state index is 13.2. The standard InChI is InChI=1S/C18H13BrN2O3/c19-12-9-13(21-5-7-23-8-6-21)14-15-16(12)20-24-18(15)11-4-2-1-3-10(11)17(14)22/h1-4,9H,5-8H2. The molecule has 0 saturated carbocycles. The van der Waals surface area contributed by atoms with Crippen LogP contribution in [0.3, 0.4) is 0 Å². The van der Waals surface area contributed by atoms with Crippen LogP contribution in [0, 0.1) is 0 Å². The van der Waals surface area contributed by atoms with E-state index in [1.54, 1.807) is 0 Å². The van der Waals surface area contributed by atoms with Crippen molar-refractivity contribution in [3.8, 4) is 11.3 Å². The Labute approximate surface area is 146 Å². The minimum atomic E-state index is 0.0280. The summed E-state index contributed by atoms with van der Waals surface area (Å²) in [4.78, 5) is 15.4. The third-order valence-corrected chi connectivity index (χ3v) is 5.29. The molecule has 0 spiro atoms. The summed E-state index contributed by atoms with van der Waals surface area (Å²) in [6.45, 7) is 2.85. The van der Waals surface area contributed by atoms with Gasteiger partial charge in [0.25, 0.3) is 0 Å². The number of ketones is 1. The second kappa shape index (κ2) is 5.16. The number of carbonyl (C=O) groups excluding carboxylic acids is 1. The topological polar surface area (TPSA) is 55.6 Å². The molecule has 0 amide bonds. The molecule has 5 rings (SSSR count). The molecule has 0 N–H and O–H groups in total. The molecule has 2 aliphatic rings. The first-order valence-electron chi connectivity index (χ1n) is 7.84. The van der Waals surface area contributed by atoms with Crippen LogP contribution in [0.4, 0.5) is 5.69 Å². The number of carbonyl (C=O) groups is 1. The lowest BCUT2D eigenvalue weighted by atomic mass is 9.86. The second-order valence-electron chi connectivity index (χ2n) is 5.96. The number of nitrogens with zero attached hydrogens (tertiary/aromatic N) is 2. The van der Waals surface area contributed by atoms with Gasteiger partial charge in [0.1, 0.15) is 5.52 Å². The van der Waals surface area contributed by atoms with Gasteiger partial charge >= 0.3 is 0 Å². The molecule has 0 unspecified atom stereocenters. The first kappa shape index (κ1) is 14.2. The Kier molecular flexibility index (Phi) is 3.05. The van der Waals surface area contributed by atoms with E-state index >= 15 is 0 Å². The summed E-state index contributed by atoms with van der Waals surface area (Å²) in [5.41, 5.74) is 3.77. The molecule has 1 aromatic heterocycles. The number of halogens is 1. The molecule has 5 nitrogen and oxygen atoms in total. The van der Waals surface area contributed by atoms with Crippen LogP contribution in [0.2, 0.25) is 0 Å². The molecule has 1 aliphatic heterocycles. The van der Waals surface area contributed by atoms with E-state index in [0.29, 0.717) is 35.6 Å². The summed E-state index contributed by atoms with van der Waals surface area (Å²) in [5.74, 6) is 0.700. The number of fused-ring (bicyclic) bond motifs is 2. The van der Waals surface area contributed by atoms with Gasteiger partial charge in [-0.25, -0.2) is 0 Å². The maximum absolute atomic E-state index is 13.2. The Bertz CT molecular complexity index is 989. The summed E-state index contributed by atoms with van der Waals surface area (Å²) in [5, 5.41) is 4.99. The van der Waals surface area contributed by atoms with Gasteiger partial charge in [-0.15, -0.1) is 0 Å². The Morgan fingerprint density at radius 3 is 2.67 bits per heavy atom. The van der Waals surface area contributed by atoms with Crippen molar-refractivity contribution in [1.29, 1.82) is 0 Å². The molecule has 0 radical (unpaired) electrons. The molecule has 2 heterocycles. The predicted octanol–water partition coefficient (Wildman–Crippen LogP) is 3.64. The van der Waals surface area contributed by atoms with Gasteiger partial charge in [0, 0.05) is 28.7 Å². The summed E-state index contributed by atoms with van der Waals surface area (Å²) in [7, 11) is 0. The second-order valence-corrected chi connectivity index (χ2v) is 6.82. The highest BCUT2D eigenvalue weighted by molar-refractivity contribution is 9.10. The predicted molar refractivity (Wildman–Crippen MR) is 93.6 cm³/mol. The van der Waals surface area contributed by atoms with Crippen molar-refractivity contribution in [3.05, 3.63) is 45.9 Å². The summed E-state index contributed by atoms with van der Waals surface area (Å²) in [6, 6.07) is 9.52. The zero-order chi connectivity index (χ0) is 16.3. The molecule has 2 aromatic carbocycles. The average molecular weight is 385 g/mol. The molecular formula is C18H13BrN2O3. The van der Waals surface area contributed by atoms with Crippen LogP contribution in [-0.4, -0.2) is 37.2 Å². The van der Waals surface area contributed by atoms with E-state index in [2.05, 4.69) is 26.0 Å². The fraction of sp³-hybridized carbons (Fsp3) is 0.222. The van der Waals surface area contributed by atoms with Crippen molar-refractivity contribution in [2.45, 2.75) is 0 Å². The molecule has 1 aliphatic carbocycles. The Morgan fingerprint density at radius 2 is 1.88 bits per heavy atom. The minimum absolute atomic E-state index is 0.0280. The molecule has 120 valence electrons. The first-order valence-corrected chi connectivity index (χ1v) is 8.63. The summed E-state index contributed by atoms with van der Waals surface area (Å²) < 4.78 is 11.9. The van der Waals surface area contributed by atoms with E-state index in [0.717, 1.165) is 34.2 Å². The molecule has 0 atom stereocenters. The summed E-state index contributed by atoms with van der Waals surface area (Å²) in [6.07, 6.45) is 0. The van der Waals surface area contributed by atoms with Crippen LogP contribution in [0.5, 0.6) is 0 Å². The number of anilines is 1. The van der Waals surface area contributed by atoms with Gasteiger partial charge in [0.15, 0.2) is 11.5 Å². The average Bonchev–Trinajstić information content (AvgIpc) is 3.07. The van der Waals surface area contributed by atoms with E-state index in [1.165, 1.54) is 0 Å². The van der Waals surface area contributed by atoms with Crippen molar-refractivity contribution in [1.82, 2.24) is 5.16 Å². The molecule has 1 fully saturated rings. The fourth-order valence-electron chi connectivity index (χ4n) is 3.55. The van der Waals surface area contributed by atoms with Crippen LogP contribution < -0.4 is 4.90 Å². The van der Waals surface area contributed by atoms with E-state index in [-0.39, 0.29) is 5.78 Å². The number of hydrogen-bond acceptors (Lipinski definition) is 5. The maximum Gasteiger partial charge on any atom is 0.196 e. The smallest absolute Gasteiger partial charge is 0.196 e. The number of benzene rings is 2. The van der Waals surface area contributed by atoms with Crippen molar-refractivity contribution in [3.63, 3.8) is 0 Å². The van der Waals surface area contributed by atoms with Crippen LogP contribution in [0.15, 0.2) is 39.3 Å². The van der Waals surface area contributed by atoms with E-state index in [9.17, 15) is 4.79 Å². The monoisotopic (exact) mass is 384 g/mol. The Balaban J connectivity index is 1.86. The fourth-order valence-corrected chi connectivity index (χ4v) is 4.04. The largest absolute Gasteiger partial charge is 0.378 e. The molecule has 3 aromatic rings. The van der Waals surface area contributed by atoms with Crippen molar-refractivity contribution in [2.75, 3.05) is 31.2 Å². The number of hydrogen-bond donors (Lipinski definition) is 0. The van der Waals surface area contributed by atoms with Gasteiger partial charge in [-0.05, 0) is 22.0 Å². The lowest BCUT2D eigenvalue weighted by Gasteiger charge is -2.31. The lowest BCUT2D eigenvalue weighted by molar-refractivity contribution is 0.103. The number of rotatable bonds is 1. The molecule has 1 saturated heterocycles. The van der Waals surface area contributed by atoms with Gasteiger partial charge in [-0.1, -0.05) is 29.4 Å². The summed E-state index contributed by atoms with van der Waals surface area (Å²) >= 11 is 3.58. The minimum Gasteiger partial charge on any atom is -0.378 e. The SMILES string of the molecule is O=C1c2ccccc2-c2onc3c(Br)cc(N4CCOCC4)c1c23. The van der Waals surface area contributed by atoms with Gasteiger partial charge in [0.05, 0.1) is 29.9 Å². The highest BCUT2D eigenvalue weighted by atomic mass is 79.9. The molecule has 6 heteroatoms. The van der Waals surface area contributed by atoms with Gasteiger partial charge in [-0.2, -0.15) is 0 Å². The van der Waals surface area contributed by atoms with Gasteiger partial charge < -0.3 is 14.2 Å². The van der Waals surface area contributed by atoms with E-state index < -0.39 is 0 Å². The number of morpholine rings is 1. The number of aromatic nitrogens is 1. The van der Waals surface area contributed by atoms with Gasteiger partial charge in [-0.3, -0.25) is 4.79 Å². The van der Waals surface area contributed by atoms with Crippen molar-refractivity contribution in [2.24, 2.45) is 0 Å².